The van der Waals surface area contributed by atoms with Gasteiger partial charge in [-0.3, -0.25) is 9.88 Å². The molecule has 0 aliphatic carbocycles. The van der Waals surface area contributed by atoms with Crippen molar-refractivity contribution in [3.05, 3.63) is 41.6 Å². The summed E-state index contributed by atoms with van der Waals surface area (Å²) in [6.45, 7) is 6.38. The summed E-state index contributed by atoms with van der Waals surface area (Å²) in [6, 6.07) is 10.6. The van der Waals surface area contributed by atoms with Crippen molar-refractivity contribution in [2.24, 2.45) is 0 Å². The lowest BCUT2D eigenvalue weighted by atomic mass is 9.97. The number of para-hydroxylation sites is 1. The van der Waals surface area contributed by atoms with Crippen molar-refractivity contribution in [2.75, 3.05) is 13.1 Å². The number of benzene rings is 1. The Balaban J connectivity index is 0.00000132. The Morgan fingerprint density at radius 2 is 2.00 bits per heavy atom. The Bertz CT molecular complexity index is 635. The lowest BCUT2D eigenvalue weighted by Crippen LogP contribution is -2.34. The zero-order valence-corrected chi connectivity index (χ0v) is 15.4. The Morgan fingerprint density at radius 1 is 1.22 bits per heavy atom. The second-order valence-electron chi connectivity index (χ2n) is 5.86. The molecular formula is C18H26Cl2N2O. The fourth-order valence-corrected chi connectivity index (χ4v) is 3.46. The van der Waals surface area contributed by atoms with Crippen molar-refractivity contribution in [3.63, 3.8) is 0 Å². The number of hydrogen-bond acceptors (Lipinski definition) is 3. The number of pyridine rings is 1. The topological polar surface area (TPSA) is 36.4 Å². The number of aromatic nitrogens is 1. The van der Waals surface area contributed by atoms with Gasteiger partial charge < -0.3 is 5.11 Å². The molecule has 0 spiro atoms. The molecule has 1 N–H and O–H groups in total. The lowest BCUT2D eigenvalue weighted by Gasteiger charge is -2.28. The normalized spacial score (nSPS) is 19.2. The molecule has 2 heterocycles. The maximum atomic E-state index is 10.9. The number of aliphatic hydroxyl groups excluding tert-OH is 1. The first kappa shape index (κ1) is 20.2. The van der Waals surface area contributed by atoms with Crippen molar-refractivity contribution in [3.8, 4) is 0 Å². The molecule has 1 aromatic heterocycles. The molecule has 1 aliphatic rings. The van der Waals surface area contributed by atoms with Crippen LogP contribution in [0, 0.1) is 0 Å². The van der Waals surface area contributed by atoms with Crippen LogP contribution in [0.3, 0.4) is 0 Å². The highest BCUT2D eigenvalue weighted by Gasteiger charge is 2.31. The van der Waals surface area contributed by atoms with Gasteiger partial charge >= 0.3 is 0 Å². The van der Waals surface area contributed by atoms with E-state index in [0.29, 0.717) is 0 Å². The summed E-state index contributed by atoms with van der Waals surface area (Å²) in [7, 11) is 0. The van der Waals surface area contributed by atoms with Gasteiger partial charge in [0.15, 0.2) is 0 Å². The average Bonchev–Trinajstić information content (AvgIpc) is 3.01. The molecule has 2 aromatic rings. The van der Waals surface area contributed by atoms with E-state index in [1.807, 2.05) is 12.1 Å². The highest BCUT2D eigenvalue weighted by atomic mass is 35.5. The van der Waals surface area contributed by atoms with Crippen molar-refractivity contribution < 1.29 is 5.11 Å². The van der Waals surface area contributed by atoms with Gasteiger partial charge in [0.1, 0.15) is 0 Å². The van der Waals surface area contributed by atoms with E-state index < -0.39 is 6.10 Å². The van der Waals surface area contributed by atoms with Gasteiger partial charge in [0.05, 0.1) is 11.6 Å². The molecule has 1 fully saturated rings. The van der Waals surface area contributed by atoms with Crippen LogP contribution in [0.2, 0.25) is 0 Å². The van der Waals surface area contributed by atoms with Crippen LogP contribution in [0.15, 0.2) is 30.3 Å². The first-order chi connectivity index (χ1) is 10.2. The molecule has 2 unspecified atom stereocenters. The number of aryl methyl sites for hydroxylation is 1. The molecule has 3 rings (SSSR count). The number of likely N-dealkylation sites (tertiary alicyclic amines) is 1. The molecule has 1 saturated heterocycles. The van der Waals surface area contributed by atoms with E-state index in [4.69, 9.17) is 4.98 Å². The SMILES string of the molecule is CCc1ccc2cccc(C(O)C3CCCN3CC)c2n1.Cl.Cl. The zero-order valence-electron chi connectivity index (χ0n) is 13.7. The molecule has 1 aliphatic heterocycles. The molecular weight excluding hydrogens is 331 g/mol. The maximum Gasteiger partial charge on any atom is 0.0966 e. The fourth-order valence-electron chi connectivity index (χ4n) is 3.46. The second kappa shape index (κ2) is 8.84. The van der Waals surface area contributed by atoms with Gasteiger partial charge in [-0.15, -0.1) is 24.8 Å². The Labute approximate surface area is 150 Å². The molecule has 0 bridgehead atoms. The molecule has 128 valence electrons. The van der Waals surface area contributed by atoms with Crippen LogP contribution in [0.1, 0.15) is 44.1 Å². The van der Waals surface area contributed by atoms with Crippen LogP contribution in [0.25, 0.3) is 10.9 Å². The third kappa shape index (κ3) is 3.97. The van der Waals surface area contributed by atoms with E-state index >= 15 is 0 Å². The van der Waals surface area contributed by atoms with Gasteiger partial charge in [-0.2, -0.15) is 0 Å². The second-order valence-corrected chi connectivity index (χ2v) is 5.86. The minimum absolute atomic E-state index is 0. The summed E-state index contributed by atoms with van der Waals surface area (Å²) in [5.41, 5.74) is 3.03. The summed E-state index contributed by atoms with van der Waals surface area (Å²) < 4.78 is 0. The Hall–Kier alpha value is -0.870. The maximum absolute atomic E-state index is 10.9. The van der Waals surface area contributed by atoms with Gasteiger partial charge in [-0.05, 0) is 38.4 Å². The minimum atomic E-state index is -0.448. The lowest BCUT2D eigenvalue weighted by molar-refractivity contribution is 0.0764. The van der Waals surface area contributed by atoms with E-state index in [0.717, 1.165) is 48.1 Å². The molecule has 1 aromatic carbocycles. The number of halogens is 2. The standard InChI is InChI=1S/C18H24N2O.2ClH/c1-3-14-11-10-13-7-5-8-15(17(13)19-14)18(21)16-9-6-12-20(16)4-2;;/h5,7-8,10-11,16,18,21H,3-4,6,9,12H2,1-2H3;2*1H. The van der Waals surface area contributed by atoms with Crippen LogP contribution in [-0.4, -0.2) is 34.1 Å². The summed E-state index contributed by atoms with van der Waals surface area (Å²) in [6.07, 6.45) is 2.72. The van der Waals surface area contributed by atoms with Gasteiger partial charge in [0.25, 0.3) is 0 Å². The van der Waals surface area contributed by atoms with Crippen molar-refractivity contribution >= 4 is 35.7 Å². The predicted octanol–water partition coefficient (Wildman–Crippen LogP) is 4.16. The van der Waals surface area contributed by atoms with Gasteiger partial charge in [-0.25, -0.2) is 0 Å². The first-order valence-electron chi connectivity index (χ1n) is 8.05. The van der Waals surface area contributed by atoms with Crippen molar-refractivity contribution in [2.45, 2.75) is 45.3 Å². The van der Waals surface area contributed by atoms with Crippen LogP contribution in [0.5, 0.6) is 0 Å². The molecule has 0 radical (unpaired) electrons. The number of likely N-dealkylation sites (N-methyl/N-ethyl adjacent to an activating group) is 1. The molecule has 5 heteroatoms. The fraction of sp³-hybridized carbons (Fsp3) is 0.500. The number of rotatable bonds is 4. The molecule has 23 heavy (non-hydrogen) atoms. The van der Waals surface area contributed by atoms with Gasteiger partial charge in [0.2, 0.25) is 0 Å². The summed E-state index contributed by atoms with van der Waals surface area (Å²) >= 11 is 0. The summed E-state index contributed by atoms with van der Waals surface area (Å²) in [5, 5.41) is 12.0. The van der Waals surface area contributed by atoms with E-state index in [-0.39, 0.29) is 30.9 Å². The van der Waals surface area contributed by atoms with Gasteiger partial charge in [-0.1, -0.05) is 38.1 Å². The minimum Gasteiger partial charge on any atom is -0.387 e. The highest BCUT2D eigenvalue weighted by molar-refractivity contribution is 5.85. The number of aliphatic hydroxyl groups is 1. The van der Waals surface area contributed by atoms with Crippen LogP contribution in [-0.2, 0) is 6.42 Å². The number of nitrogens with zero attached hydrogens (tertiary/aromatic N) is 2. The molecule has 2 atom stereocenters. The van der Waals surface area contributed by atoms with Gasteiger partial charge in [0, 0.05) is 22.7 Å². The molecule has 0 amide bonds. The third-order valence-electron chi connectivity index (χ3n) is 4.67. The van der Waals surface area contributed by atoms with Crippen molar-refractivity contribution in [1.82, 2.24) is 9.88 Å². The first-order valence-corrected chi connectivity index (χ1v) is 8.05. The smallest absolute Gasteiger partial charge is 0.0966 e. The Kier molecular flexibility index (Phi) is 7.75. The zero-order chi connectivity index (χ0) is 14.8. The average molecular weight is 357 g/mol. The quantitative estimate of drug-likeness (QED) is 0.893. The largest absolute Gasteiger partial charge is 0.387 e. The van der Waals surface area contributed by atoms with Crippen LogP contribution >= 0.6 is 24.8 Å². The van der Waals surface area contributed by atoms with Crippen LogP contribution in [0.4, 0.5) is 0 Å². The highest BCUT2D eigenvalue weighted by Crippen LogP contribution is 2.32. The van der Waals surface area contributed by atoms with Crippen molar-refractivity contribution in [1.29, 1.82) is 0 Å². The summed E-state index contributed by atoms with van der Waals surface area (Å²) in [5.74, 6) is 0. The third-order valence-corrected chi connectivity index (χ3v) is 4.67. The Morgan fingerprint density at radius 3 is 2.70 bits per heavy atom. The van der Waals surface area contributed by atoms with E-state index in [1.165, 1.54) is 6.42 Å². The predicted molar refractivity (Wildman–Crippen MR) is 101 cm³/mol. The number of fused-ring (bicyclic) bond motifs is 1. The summed E-state index contributed by atoms with van der Waals surface area (Å²) in [4.78, 5) is 7.14. The van der Waals surface area contributed by atoms with Crippen LogP contribution < -0.4 is 0 Å². The number of hydrogen-bond donors (Lipinski definition) is 1. The van der Waals surface area contributed by atoms with E-state index in [1.54, 1.807) is 0 Å². The van der Waals surface area contributed by atoms with E-state index in [2.05, 4.69) is 36.9 Å². The molecule has 3 nitrogen and oxygen atoms in total. The monoisotopic (exact) mass is 356 g/mol. The molecule has 0 saturated carbocycles. The van der Waals surface area contributed by atoms with E-state index in [9.17, 15) is 5.11 Å².